The van der Waals surface area contributed by atoms with Gasteiger partial charge in [0, 0.05) is 28.1 Å². The fourth-order valence-corrected chi connectivity index (χ4v) is 7.82. The fraction of sp³-hybridized carbons (Fsp3) is 0. The van der Waals surface area contributed by atoms with Gasteiger partial charge < -0.3 is 14.2 Å². The third kappa shape index (κ3) is 5.98. The first-order valence-corrected chi connectivity index (χ1v) is 18.7. The first kappa shape index (κ1) is 32.3. The molecule has 10 aromatic rings. The summed E-state index contributed by atoms with van der Waals surface area (Å²) in [6, 6.07) is 77.4. The van der Waals surface area contributed by atoms with Gasteiger partial charge in [0.15, 0.2) is 5.58 Å². The van der Waals surface area contributed by atoms with E-state index in [9.17, 15) is 0 Å². The zero-order chi connectivity index (χ0) is 36.6. The minimum absolute atomic E-state index is 0.817. The van der Waals surface area contributed by atoms with Crippen LogP contribution in [0, 0.1) is 0 Å². The number of nitrogens with zero attached hydrogens (tertiary/aromatic N) is 2. The average molecular weight is 705 g/mol. The van der Waals surface area contributed by atoms with E-state index in [0.29, 0.717) is 0 Å². The molecular weight excluding hydrogens is 669 g/mol. The summed E-state index contributed by atoms with van der Waals surface area (Å²) < 4.78 is 7.12. The summed E-state index contributed by atoms with van der Waals surface area (Å²) in [4.78, 5) is 4.69. The molecular formula is C52H36N2O. The molecule has 0 aliphatic rings. The molecule has 55 heavy (non-hydrogen) atoms. The maximum atomic E-state index is 7.12. The van der Waals surface area contributed by atoms with E-state index < -0.39 is 0 Å². The summed E-state index contributed by atoms with van der Waals surface area (Å²) in [6.07, 6.45) is 0. The van der Waals surface area contributed by atoms with Crippen molar-refractivity contribution in [2.75, 3.05) is 9.80 Å². The smallest absolute Gasteiger partial charge is 0.161 e. The molecule has 3 nitrogen and oxygen atoms in total. The molecule has 0 unspecified atom stereocenters. The molecule has 0 saturated heterocycles. The van der Waals surface area contributed by atoms with Crippen molar-refractivity contribution in [3.05, 3.63) is 218 Å². The molecule has 0 spiro atoms. The topological polar surface area (TPSA) is 19.6 Å². The van der Waals surface area contributed by atoms with E-state index in [1.807, 2.05) is 0 Å². The van der Waals surface area contributed by atoms with Gasteiger partial charge in [-0.05, 0) is 106 Å². The highest BCUT2D eigenvalue weighted by atomic mass is 16.3. The van der Waals surface area contributed by atoms with Crippen molar-refractivity contribution < 1.29 is 4.42 Å². The predicted octanol–water partition coefficient (Wildman–Crippen LogP) is 15.0. The number of fused-ring (bicyclic) bond motifs is 4. The second kappa shape index (κ2) is 13.9. The van der Waals surface area contributed by atoms with Crippen molar-refractivity contribution in [1.29, 1.82) is 0 Å². The minimum Gasteiger partial charge on any atom is -0.454 e. The maximum absolute atomic E-state index is 7.12. The van der Waals surface area contributed by atoms with Gasteiger partial charge in [-0.2, -0.15) is 0 Å². The monoisotopic (exact) mass is 704 g/mol. The molecule has 10 rings (SSSR count). The van der Waals surface area contributed by atoms with Crippen LogP contribution in [-0.2, 0) is 0 Å². The van der Waals surface area contributed by atoms with Crippen molar-refractivity contribution in [2.45, 2.75) is 0 Å². The van der Waals surface area contributed by atoms with Gasteiger partial charge in [0.05, 0.1) is 16.8 Å². The Labute approximate surface area is 320 Å². The molecule has 1 aromatic heterocycles. The lowest BCUT2D eigenvalue weighted by molar-refractivity contribution is 0.669. The molecule has 0 aliphatic heterocycles. The van der Waals surface area contributed by atoms with Gasteiger partial charge in [-0.25, -0.2) is 0 Å². The first-order valence-electron chi connectivity index (χ1n) is 18.7. The molecule has 0 fully saturated rings. The van der Waals surface area contributed by atoms with Crippen molar-refractivity contribution in [1.82, 2.24) is 0 Å². The van der Waals surface area contributed by atoms with E-state index in [0.717, 1.165) is 72.6 Å². The van der Waals surface area contributed by atoms with Gasteiger partial charge in [0.2, 0.25) is 0 Å². The van der Waals surface area contributed by atoms with Crippen LogP contribution in [0.1, 0.15) is 0 Å². The largest absolute Gasteiger partial charge is 0.454 e. The number of anilines is 6. The lowest BCUT2D eigenvalue weighted by atomic mass is 10.0. The van der Waals surface area contributed by atoms with Crippen LogP contribution in [0.4, 0.5) is 34.1 Å². The van der Waals surface area contributed by atoms with E-state index in [1.54, 1.807) is 0 Å². The normalized spacial score (nSPS) is 11.3. The highest BCUT2D eigenvalue weighted by molar-refractivity contribution is 6.19. The molecule has 0 saturated carbocycles. The summed E-state index contributed by atoms with van der Waals surface area (Å²) in [5.41, 5.74) is 12.5. The summed E-state index contributed by atoms with van der Waals surface area (Å²) in [5, 5.41) is 4.43. The molecule has 0 aliphatic carbocycles. The van der Waals surface area contributed by atoms with Crippen LogP contribution in [0.15, 0.2) is 223 Å². The van der Waals surface area contributed by atoms with E-state index in [4.69, 9.17) is 4.42 Å². The second-order valence-electron chi connectivity index (χ2n) is 13.8. The summed E-state index contributed by atoms with van der Waals surface area (Å²) in [7, 11) is 0. The second-order valence-corrected chi connectivity index (χ2v) is 13.8. The van der Waals surface area contributed by atoms with Crippen molar-refractivity contribution in [3.63, 3.8) is 0 Å². The standard InChI is InChI=1S/C52H36N2O/c1-5-17-37(18-6-1)39-23-15-29-45(33-39)53(43-25-9-3-10-26-43)48-31-32-49(52-51(48)47-35-41-21-13-14-22-42(41)36-50(47)55-52)54(44-27-11-4-12-28-44)46-30-16-24-40(34-46)38-19-7-2-8-20-38/h1-36H. The number of furan rings is 1. The molecule has 9 aromatic carbocycles. The zero-order valence-electron chi connectivity index (χ0n) is 30.1. The van der Waals surface area contributed by atoms with E-state index in [2.05, 4.69) is 228 Å². The highest BCUT2D eigenvalue weighted by Crippen LogP contribution is 2.49. The van der Waals surface area contributed by atoms with Gasteiger partial charge >= 0.3 is 0 Å². The van der Waals surface area contributed by atoms with Gasteiger partial charge in [0.25, 0.3) is 0 Å². The summed E-state index contributed by atoms with van der Waals surface area (Å²) in [5.74, 6) is 0. The minimum atomic E-state index is 0.817. The Kier molecular flexibility index (Phi) is 8.16. The number of benzene rings is 9. The molecule has 0 atom stereocenters. The van der Waals surface area contributed by atoms with E-state index in [-0.39, 0.29) is 0 Å². The Bertz CT molecular complexity index is 2920. The van der Waals surface area contributed by atoms with Gasteiger partial charge in [-0.3, -0.25) is 0 Å². The van der Waals surface area contributed by atoms with Crippen LogP contribution < -0.4 is 9.80 Å². The van der Waals surface area contributed by atoms with Gasteiger partial charge in [-0.1, -0.05) is 146 Å². The van der Waals surface area contributed by atoms with Crippen molar-refractivity contribution in [2.24, 2.45) is 0 Å². The Morgan fingerprint density at radius 1 is 0.309 bits per heavy atom. The van der Waals surface area contributed by atoms with Gasteiger partial charge in [0.1, 0.15) is 5.58 Å². The van der Waals surface area contributed by atoms with Crippen LogP contribution in [0.3, 0.4) is 0 Å². The van der Waals surface area contributed by atoms with Crippen LogP contribution in [0.25, 0.3) is 55.0 Å². The average Bonchev–Trinajstić information content (AvgIpc) is 3.64. The quantitative estimate of drug-likeness (QED) is 0.157. The Morgan fingerprint density at radius 3 is 1.27 bits per heavy atom. The Balaban J connectivity index is 1.26. The fourth-order valence-electron chi connectivity index (χ4n) is 7.82. The Hall–Kier alpha value is -7.36. The van der Waals surface area contributed by atoms with Crippen LogP contribution in [0.2, 0.25) is 0 Å². The molecule has 1 heterocycles. The lowest BCUT2D eigenvalue weighted by Crippen LogP contribution is -2.13. The summed E-state index contributed by atoms with van der Waals surface area (Å²) in [6.45, 7) is 0. The number of para-hydroxylation sites is 2. The van der Waals surface area contributed by atoms with Gasteiger partial charge in [-0.15, -0.1) is 0 Å². The molecule has 0 N–H and O–H groups in total. The SMILES string of the molecule is c1ccc(-c2cccc(N(c3ccccc3)c3ccc(N(c4ccccc4)c4cccc(-c5ccccc5)c4)c4c3oc3cc5ccccc5cc34)c2)cc1. The number of hydrogen-bond donors (Lipinski definition) is 0. The Morgan fingerprint density at radius 2 is 0.727 bits per heavy atom. The third-order valence-corrected chi connectivity index (χ3v) is 10.4. The summed E-state index contributed by atoms with van der Waals surface area (Å²) >= 11 is 0. The predicted molar refractivity (Wildman–Crippen MR) is 231 cm³/mol. The third-order valence-electron chi connectivity index (χ3n) is 10.4. The molecule has 0 bridgehead atoms. The molecule has 260 valence electrons. The maximum Gasteiger partial charge on any atom is 0.161 e. The van der Waals surface area contributed by atoms with Crippen molar-refractivity contribution >= 4 is 66.8 Å². The van der Waals surface area contributed by atoms with Crippen molar-refractivity contribution in [3.8, 4) is 22.3 Å². The van der Waals surface area contributed by atoms with Crippen LogP contribution in [0.5, 0.6) is 0 Å². The van der Waals surface area contributed by atoms with Crippen LogP contribution in [-0.4, -0.2) is 0 Å². The zero-order valence-corrected chi connectivity index (χ0v) is 30.1. The van der Waals surface area contributed by atoms with Crippen LogP contribution >= 0.6 is 0 Å². The molecule has 3 heteroatoms. The highest BCUT2D eigenvalue weighted by Gasteiger charge is 2.26. The molecule has 0 radical (unpaired) electrons. The van der Waals surface area contributed by atoms with E-state index >= 15 is 0 Å². The lowest BCUT2D eigenvalue weighted by Gasteiger charge is -2.29. The number of rotatable bonds is 8. The molecule has 0 amide bonds. The first-order chi connectivity index (χ1) is 27.3. The number of hydrogen-bond acceptors (Lipinski definition) is 3. The van der Waals surface area contributed by atoms with E-state index in [1.165, 1.54) is 16.5 Å².